The first kappa shape index (κ1) is 12.4. The maximum atomic E-state index is 12.2. The molecule has 0 fully saturated rings. The summed E-state index contributed by atoms with van der Waals surface area (Å²) >= 11 is 1.57. The molecule has 98 valence electrons. The summed E-state index contributed by atoms with van der Waals surface area (Å²) in [5.41, 5.74) is 0.198. The number of carbonyl (C=O) groups excluding carboxylic acids is 1. The Balaban J connectivity index is 2.43. The van der Waals surface area contributed by atoms with Gasteiger partial charge in [-0.2, -0.15) is 5.10 Å². The van der Waals surface area contributed by atoms with E-state index in [1.807, 2.05) is 6.92 Å². The minimum absolute atomic E-state index is 0.0613. The molecule has 6 nitrogen and oxygen atoms in total. The second-order valence-corrected chi connectivity index (χ2v) is 4.97. The SMILES string of the molecule is CCn1nc(C(=O)I)c(=O)c2cc3c(cc21)OCO3. The second kappa shape index (κ2) is 4.48. The third kappa shape index (κ3) is 1.88. The molecule has 0 radical (unpaired) electrons. The van der Waals surface area contributed by atoms with E-state index in [2.05, 4.69) is 5.10 Å². The Kier molecular flexibility index (Phi) is 2.92. The van der Waals surface area contributed by atoms with Crippen LogP contribution in [0.5, 0.6) is 11.5 Å². The lowest BCUT2D eigenvalue weighted by molar-refractivity contribution is 0.109. The summed E-state index contributed by atoms with van der Waals surface area (Å²) < 4.78 is 11.8. The van der Waals surface area contributed by atoms with Gasteiger partial charge in [-0.25, -0.2) is 0 Å². The molecule has 1 aromatic heterocycles. The lowest BCUT2D eigenvalue weighted by Crippen LogP contribution is -2.20. The van der Waals surface area contributed by atoms with Crippen LogP contribution in [0, 0.1) is 0 Å². The molecule has 2 aromatic rings. The summed E-state index contributed by atoms with van der Waals surface area (Å²) in [5.74, 6) is 1.11. The number of benzene rings is 1. The molecule has 0 spiro atoms. The zero-order valence-electron chi connectivity index (χ0n) is 9.97. The van der Waals surface area contributed by atoms with Gasteiger partial charge in [-0.15, -0.1) is 0 Å². The van der Waals surface area contributed by atoms with Gasteiger partial charge in [-0.05, 0) is 13.0 Å². The number of halogens is 1. The van der Waals surface area contributed by atoms with Gasteiger partial charge in [0.05, 0.1) is 10.9 Å². The average Bonchev–Trinajstić information content (AvgIpc) is 2.84. The molecule has 1 aliphatic rings. The van der Waals surface area contributed by atoms with E-state index in [4.69, 9.17) is 9.47 Å². The molecule has 3 rings (SSSR count). The van der Waals surface area contributed by atoms with E-state index in [1.54, 1.807) is 39.4 Å². The largest absolute Gasteiger partial charge is 0.454 e. The predicted molar refractivity (Wildman–Crippen MR) is 76.2 cm³/mol. The van der Waals surface area contributed by atoms with Crippen molar-refractivity contribution in [3.63, 3.8) is 0 Å². The molecule has 1 aliphatic heterocycles. The van der Waals surface area contributed by atoms with Crippen LogP contribution in [0.15, 0.2) is 16.9 Å². The van der Waals surface area contributed by atoms with Crippen molar-refractivity contribution in [3.05, 3.63) is 28.0 Å². The molecule has 0 saturated heterocycles. The summed E-state index contributed by atoms with van der Waals surface area (Å²) in [7, 11) is 0. The number of carbonyl (C=O) groups is 1. The van der Waals surface area contributed by atoms with E-state index in [9.17, 15) is 9.59 Å². The fourth-order valence-electron chi connectivity index (χ4n) is 2.04. The molecule has 0 amide bonds. The van der Waals surface area contributed by atoms with Crippen LogP contribution in [0.1, 0.15) is 17.4 Å². The highest BCUT2D eigenvalue weighted by atomic mass is 127. The van der Waals surface area contributed by atoms with E-state index in [0.717, 1.165) is 0 Å². The number of hydrogen-bond donors (Lipinski definition) is 0. The molecule has 1 aromatic carbocycles. The normalized spacial score (nSPS) is 12.9. The number of nitrogens with zero attached hydrogens (tertiary/aromatic N) is 2. The predicted octanol–water partition coefficient (Wildman–Crippen LogP) is 1.72. The van der Waals surface area contributed by atoms with Crippen LogP contribution in [-0.2, 0) is 6.54 Å². The number of hydrogen-bond acceptors (Lipinski definition) is 5. The van der Waals surface area contributed by atoms with Gasteiger partial charge in [0.1, 0.15) is 0 Å². The number of aryl methyl sites for hydroxylation is 1. The molecule has 19 heavy (non-hydrogen) atoms. The molecule has 0 saturated carbocycles. The van der Waals surface area contributed by atoms with Crippen molar-refractivity contribution < 1.29 is 14.3 Å². The lowest BCUT2D eigenvalue weighted by Gasteiger charge is -2.09. The highest BCUT2D eigenvalue weighted by Gasteiger charge is 2.20. The van der Waals surface area contributed by atoms with Crippen LogP contribution in [0.4, 0.5) is 0 Å². The van der Waals surface area contributed by atoms with Gasteiger partial charge in [0.25, 0.3) is 0 Å². The van der Waals surface area contributed by atoms with Gasteiger partial charge in [0, 0.05) is 35.2 Å². The van der Waals surface area contributed by atoms with Gasteiger partial charge in [0.2, 0.25) is 16.0 Å². The highest BCUT2D eigenvalue weighted by Crippen LogP contribution is 2.34. The number of fused-ring (bicyclic) bond motifs is 2. The first-order valence-electron chi connectivity index (χ1n) is 5.66. The Bertz CT molecular complexity index is 753. The smallest absolute Gasteiger partial charge is 0.246 e. The first-order chi connectivity index (χ1) is 9.11. The first-order valence-corrected chi connectivity index (χ1v) is 6.74. The fourth-order valence-corrected chi connectivity index (χ4v) is 2.40. The van der Waals surface area contributed by atoms with Crippen LogP contribution in [0.2, 0.25) is 0 Å². The Morgan fingerprint density at radius 1 is 1.42 bits per heavy atom. The topological polar surface area (TPSA) is 70.4 Å². The van der Waals surface area contributed by atoms with Crippen molar-refractivity contribution in [1.29, 1.82) is 0 Å². The molecule has 0 unspecified atom stereocenters. The van der Waals surface area contributed by atoms with Gasteiger partial charge in [-0.3, -0.25) is 14.3 Å². The standard InChI is InChI=1S/C12H9IN2O4/c1-2-15-7-4-9-8(18-5-19-9)3-6(7)11(16)10(14-15)12(13)17/h3-4H,2,5H2,1H3. The minimum Gasteiger partial charge on any atom is -0.454 e. The van der Waals surface area contributed by atoms with Gasteiger partial charge >= 0.3 is 0 Å². The summed E-state index contributed by atoms with van der Waals surface area (Å²) in [5, 5.41) is 4.51. The highest BCUT2D eigenvalue weighted by molar-refractivity contribution is 14.1. The molecule has 0 aliphatic carbocycles. The third-order valence-electron chi connectivity index (χ3n) is 2.94. The zero-order chi connectivity index (χ0) is 13.6. The molecule has 0 bridgehead atoms. The van der Waals surface area contributed by atoms with Crippen molar-refractivity contribution >= 4 is 37.3 Å². The summed E-state index contributed by atoms with van der Waals surface area (Å²) in [6, 6.07) is 3.33. The van der Waals surface area contributed by atoms with Crippen LogP contribution in [0.3, 0.4) is 0 Å². The minimum atomic E-state index is -0.377. The molecule has 2 heterocycles. The Hall–Kier alpha value is -1.64. The Morgan fingerprint density at radius 2 is 2.11 bits per heavy atom. The van der Waals surface area contributed by atoms with E-state index in [-0.39, 0.29) is 21.7 Å². The van der Waals surface area contributed by atoms with Crippen LogP contribution < -0.4 is 14.9 Å². The Labute approximate surface area is 121 Å². The van der Waals surface area contributed by atoms with Crippen molar-refractivity contribution in [2.45, 2.75) is 13.5 Å². The Morgan fingerprint density at radius 3 is 2.74 bits per heavy atom. The maximum Gasteiger partial charge on any atom is 0.246 e. The van der Waals surface area contributed by atoms with Crippen molar-refractivity contribution in [3.8, 4) is 11.5 Å². The quantitative estimate of drug-likeness (QED) is 0.593. The molecule has 0 atom stereocenters. The monoisotopic (exact) mass is 372 g/mol. The van der Waals surface area contributed by atoms with E-state index < -0.39 is 0 Å². The van der Waals surface area contributed by atoms with Gasteiger partial charge < -0.3 is 9.47 Å². The van der Waals surface area contributed by atoms with E-state index >= 15 is 0 Å². The molecule has 7 heteroatoms. The molecular weight excluding hydrogens is 363 g/mol. The van der Waals surface area contributed by atoms with Crippen molar-refractivity contribution in [2.75, 3.05) is 6.79 Å². The van der Waals surface area contributed by atoms with Crippen molar-refractivity contribution in [2.24, 2.45) is 0 Å². The van der Waals surface area contributed by atoms with E-state index in [0.29, 0.717) is 28.9 Å². The summed E-state index contributed by atoms with van der Waals surface area (Å²) in [4.78, 5) is 23.7. The lowest BCUT2D eigenvalue weighted by atomic mass is 10.2. The third-order valence-corrected chi connectivity index (χ3v) is 3.45. The maximum absolute atomic E-state index is 12.2. The zero-order valence-corrected chi connectivity index (χ0v) is 12.1. The number of ether oxygens (including phenoxy) is 2. The van der Waals surface area contributed by atoms with Gasteiger partial charge in [-0.1, -0.05) is 0 Å². The average molecular weight is 372 g/mol. The van der Waals surface area contributed by atoms with E-state index in [1.165, 1.54) is 0 Å². The fraction of sp³-hybridized carbons (Fsp3) is 0.250. The van der Waals surface area contributed by atoms with Gasteiger partial charge in [0.15, 0.2) is 17.2 Å². The summed E-state index contributed by atoms with van der Waals surface area (Å²) in [6.45, 7) is 2.58. The van der Waals surface area contributed by atoms with Crippen LogP contribution in [0.25, 0.3) is 10.9 Å². The number of aromatic nitrogens is 2. The molecular formula is C12H9IN2O4. The van der Waals surface area contributed by atoms with Crippen LogP contribution in [-0.4, -0.2) is 20.4 Å². The number of rotatable bonds is 2. The molecule has 0 N–H and O–H groups in total. The summed E-state index contributed by atoms with van der Waals surface area (Å²) in [6.07, 6.45) is 0. The second-order valence-electron chi connectivity index (χ2n) is 3.99. The van der Waals surface area contributed by atoms with Crippen LogP contribution >= 0.6 is 22.6 Å². The van der Waals surface area contributed by atoms with Crippen molar-refractivity contribution in [1.82, 2.24) is 9.78 Å².